The van der Waals surface area contributed by atoms with Crippen molar-refractivity contribution < 1.29 is 40.2 Å². The van der Waals surface area contributed by atoms with Crippen molar-refractivity contribution in [3.63, 3.8) is 0 Å². The van der Waals surface area contributed by atoms with Crippen LogP contribution in [0.4, 0.5) is 17.6 Å². The summed E-state index contributed by atoms with van der Waals surface area (Å²) in [6.45, 7) is 2.55. The number of hydrogen-bond acceptors (Lipinski definition) is 6. The molecule has 0 amide bonds. The van der Waals surface area contributed by atoms with Crippen LogP contribution in [-0.4, -0.2) is 49.6 Å². The zero-order chi connectivity index (χ0) is 31.4. The van der Waals surface area contributed by atoms with Crippen LogP contribution in [0.2, 0.25) is 0 Å². The number of rotatable bonds is 8. The van der Waals surface area contributed by atoms with Gasteiger partial charge in [-0.2, -0.15) is 13.2 Å². The van der Waals surface area contributed by atoms with Crippen molar-refractivity contribution in [1.82, 2.24) is 9.29 Å². The number of fused-ring (bicyclic) bond motifs is 3. The maximum absolute atomic E-state index is 15.0. The van der Waals surface area contributed by atoms with Gasteiger partial charge in [-0.3, -0.25) is 4.79 Å². The Morgan fingerprint density at radius 2 is 1.80 bits per heavy atom. The summed E-state index contributed by atoms with van der Waals surface area (Å²) in [7, 11) is -3.27. The van der Waals surface area contributed by atoms with Crippen molar-refractivity contribution in [2.24, 2.45) is 11.8 Å². The van der Waals surface area contributed by atoms with Gasteiger partial charge in [-0.15, -0.1) is 0 Å². The highest BCUT2D eigenvalue weighted by Crippen LogP contribution is 2.61. The fourth-order valence-electron chi connectivity index (χ4n) is 6.72. The van der Waals surface area contributed by atoms with Crippen LogP contribution in [0.1, 0.15) is 59.4 Å². The molecule has 2 aliphatic carbocycles. The van der Waals surface area contributed by atoms with E-state index in [1.54, 1.807) is 43.5 Å². The van der Waals surface area contributed by atoms with Crippen LogP contribution in [0.25, 0.3) is 11.1 Å². The van der Waals surface area contributed by atoms with E-state index in [-0.39, 0.29) is 58.8 Å². The molecule has 2 heterocycles. The van der Waals surface area contributed by atoms with Crippen LogP contribution in [-0.2, 0) is 38.8 Å². The molecule has 1 aromatic heterocycles. The van der Waals surface area contributed by atoms with E-state index in [1.165, 1.54) is 16.6 Å². The van der Waals surface area contributed by atoms with Gasteiger partial charge < -0.3 is 9.47 Å². The predicted octanol–water partition coefficient (Wildman–Crippen LogP) is 6.07. The molecule has 2 fully saturated rings. The van der Waals surface area contributed by atoms with E-state index in [4.69, 9.17) is 9.47 Å². The molecule has 3 atom stereocenters. The van der Waals surface area contributed by atoms with Gasteiger partial charge in [0.15, 0.2) is 0 Å². The Balaban J connectivity index is 1.18. The number of alkyl halides is 3. The molecule has 12 heteroatoms. The van der Waals surface area contributed by atoms with Gasteiger partial charge in [0, 0.05) is 36.8 Å². The molecule has 3 aliphatic rings. The van der Waals surface area contributed by atoms with Gasteiger partial charge in [-0.1, -0.05) is 24.3 Å². The van der Waals surface area contributed by atoms with Crippen LogP contribution < -0.4 is 4.74 Å². The molecule has 1 saturated heterocycles. The number of benzene rings is 2. The largest absolute Gasteiger partial charge is 0.473 e. The van der Waals surface area contributed by atoms with Gasteiger partial charge in [0.05, 0.1) is 24.3 Å². The third-order valence-corrected chi connectivity index (χ3v) is 10.3. The lowest BCUT2D eigenvalue weighted by Gasteiger charge is -2.30. The third kappa shape index (κ3) is 5.93. The maximum atomic E-state index is 15.0. The van der Waals surface area contributed by atoms with Gasteiger partial charge in [0.2, 0.25) is 15.9 Å². The lowest BCUT2D eigenvalue weighted by Crippen LogP contribution is -2.37. The van der Waals surface area contributed by atoms with Crippen molar-refractivity contribution in [3.8, 4) is 17.0 Å². The maximum Gasteiger partial charge on any atom is 0.417 e. The number of aromatic nitrogens is 1. The Morgan fingerprint density at radius 1 is 1.09 bits per heavy atom. The monoisotopic (exact) mass is 632 g/mol. The second-order valence-corrected chi connectivity index (χ2v) is 13.7. The van der Waals surface area contributed by atoms with Crippen molar-refractivity contribution in [3.05, 3.63) is 82.3 Å². The number of esters is 1. The fraction of sp³-hybridized carbons (Fsp3) is 0.438. The zero-order valence-electron chi connectivity index (χ0n) is 24.2. The minimum absolute atomic E-state index is 0.0438. The van der Waals surface area contributed by atoms with Crippen molar-refractivity contribution in [2.75, 3.05) is 26.0 Å². The highest BCUT2D eigenvalue weighted by molar-refractivity contribution is 7.88. The molecule has 1 aliphatic heterocycles. The molecule has 6 rings (SSSR count). The number of carbonyl (C=O) groups is 1. The summed E-state index contributed by atoms with van der Waals surface area (Å²) >= 11 is 0. The highest BCUT2D eigenvalue weighted by atomic mass is 32.2. The molecular formula is C32H32F4N2O5S. The molecule has 2 aromatic carbocycles. The first-order valence-electron chi connectivity index (χ1n) is 14.6. The Hall–Kier alpha value is -3.51. The first-order valence-corrected chi connectivity index (χ1v) is 16.4. The number of nitrogens with zero attached hydrogens (tertiary/aromatic N) is 2. The summed E-state index contributed by atoms with van der Waals surface area (Å²) in [6, 6.07) is 10.1. The molecule has 234 valence electrons. The van der Waals surface area contributed by atoms with Gasteiger partial charge in [-0.25, -0.2) is 22.1 Å². The summed E-state index contributed by atoms with van der Waals surface area (Å²) < 4.78 is 92.9. The van der Waals surface area contributed by atoms with E-state index in [2.05, 4.69) is 4.98 Å². The Bertz CT molecular complexity index is 1690. The van der Waals surface area contributed by atoms with E-state index >= 15 is 0 Å². The van der Waals surface area contributed by atoms with Crippen LogP contribution in [0.3, 0.4) is 0 Å². The molecule has 0 N–H and O–H groups in total. The average molecular weight is 633 g/mol. The van der Waals surface area contributed by atoms with E-state index in [1.807, 2.05) is 0 Å². The molecule has 7 nitrogen and oxygen atoms in total. The van der Waals surface area contributed by atoms with Crippen molar-refractivity contribution in [1.29, 1.82) is 0 Å². The molecule has 44 heavy (non-hydrogen) atoms. The smallest absolute Gasteiger partial charge is 0.417 e. The molecule has 3 aromatic rings. The fourth-order valence-corrected chi connectivity index (χ4v) is 7.59. The quantitative estimate of drug-likeness (QED) is 0.221. The number of pyridine rings is 1. The molecule has 0 radical (unpaired) electrons. The highest BCUT2D eigenvalue weighted by Gasteiger charge is 2.60. The Labute approximate surface area is 253 Å². The standard InChI is InChI=1S/C32H32F4N2O5S/c1-3-42-31(39)30-24-12-21-14-28(37-16-25(21)29(24)30)43-17-22-13-23(26(15-27(22)33)32(34,35)36)20-6-4-18(5-7-20)19-8-10-38(11-9-19)44(2,40)41/h4-7,13-16,19,24,29-30H,3,8-12,17H2,1-2H3/t24-,29-,30+/m0/s1. The minimum Gasteiger partial charge on any atom is -0.473 e. The average Bonchev–Trinajstić information content (AvgIpc) is 3.57. The van der Waals surface area contributed by atoms with Gasteiger partial charge in [0.25, 0.3) is 0 Å². The predicted molar refractivity (Wildman–Crippen MR) is 154 cm³/mol. The first-order chi connectivity index (χ1) is 20.8. The van der Waals surface area contributed by atoms with E-state index < -0.39 is 27.6 Å². The van der Waals surface area contributed by atoms with Crippen molar-refractivity contribution in [2.45, 2.75) is 50.8 Å². The lowest BCUT2D eigenvalue weighted by molar-refractivity contribution is -0.145. The van der Waals surface area contributed by atoms with Crippen LogP contribution in [0.5, 0.6) is 5.88 Å². The number of hydrogen-bond donors (Lipinski definition) is 0. The first kappa shape index (κ1) is 30.5. The minimum atomic E-state index is -4.78. The normalized spacial score (nSPS) is 21.9. The third-order valence-electron chi connectivity index (χ3n) is 9.02. The van der Waals surface area contributed by atoms with Gasteiger partial charge in [-0.05, 0) is 78.0 Å². The van der Waals surface area contributed by atoms with E-state index in [0.717, 1.165) is 16.7 Å². The summed E-state index contributed by atoms with van der Waals surface area (Å²) in [5, 5.41) is 0. The summed E-state index contributed by atoms with van der Waals surface area (Å²) in [6.07, 6.45) is -0.0547. The van der Waals surface area contributed by atoms with Crippen LogP contribution in [0.15, 0.2) is 48.7 Å². The number of piperidine rings is 1. The molecule has 1 saturated carbocycles. The number of halogens is 4. The SMILES string of the molecule is CCOC(=O)[C@@H]1[C@H]2Cc3cc(OCc4cc(-c5ccc(C6CCN(S(C)(=O)=O)CC6)cc5)c(C(F)(F)F)cc4F)ncc3[C@H]21. The zero-order valence-corrected chi connectivity index (χ0v) is 25.1. The Morgan fingerprint density at radius 3 is 2.43 bits per heavy atom. The summed E-state index contributed by atoms with van der Waals surface area (Å²) in [5.41, 5.74) is 1.85. The second kappa shape index (κ2) is 11.4. The molecule has 0 bridgehead atoms. The van der Waals surface area contributed by atoms with Gasteiger partial charge in [0.1, 0.15) is 12.4 Å². The Kier molecular flexibility index (Phi) is 7.94. The topological polar surface area (TPSA) is 85.8 Å². The van der Waals surface area contributed by atoms with Gasteiger partial charge >= 0.3 is 12.1 Å². The number of ether oxygens (including phenoxy) is 2. The summed E-state index contributed by atoms with van der Waals surface area (Å²) in [4.78, 5) is 16.4. The van der Waals surface area contributed by atoms with Crippen LogP contribution in [0, 0.1) is 17.7 Å². The van der Waals surface area contributed by atoms with Crippen LogP contribution >= 0.6 is 0 Å². The number of sulfonamides is 1. The second-order valence-electron chi connectivity index (χ2n) is 11.7. The number of carbonyl (C=O) groups excluding carboxylic acids is 1. The molecular weight excluding hydrogens is 600 g/mol. The lowest BCUT2D eigenvalue weighted by atomic mass is 9.88. The molecule has 0 spiro atoms. The molecule has 0 unspecified atom stereocenters. The van der Waals surface area contributed by atoms with Crippen molar-refractivity contribution >= 4 is 16.0 Å². The van der Waals surface area contributed by atoms with E-state index in [0.29, 0.717) is 45.0 Å². The van der Waals surface area contributed by atoms with E-state index in [9.17, 15) is 30.8 Å². The summed E-state index contributed by atoms with van der Waals surface area (Å²) in [5.74, 6) is -0.831.